The van der Waals surface area contributed by atoms with Crippen molar-refractivity contribution in [3.05, 3.63) is 35.9 Å². The summed E-state index contributed by atoms with van der Waals surface area (Å²) in [4.78, 5) is 3.93. The lowest BCUT2D eigenvalue weighted by Gasteiger charge is -2.06. The van der Waals surface area contributed by atoms with Crippen molar-refractivity contribution in [2.75, 3.05) is 7.11 Å². The fourth-order valence-corrected chi connectivity index (χ4v) is 1.58. The summed E-state index contributed by atoms with van der Waals surface area (Å²) in [5, 5.41) is 9.10. The van der Waals surface area contributed by atoms with E-state index in [-0.39, 0.29) is 6.61 Å². The lowest BCUT2D eigenvalue weighted by molar-refractivity contribution is 0.277. The van der Waals surface area contributed by atoms with Gasteiger partial charge in [-0.15, -0.1) is 0 Å². The van der Waals surface area contributed by atoms with E-state index in [0.717, 1.165) is 16.9 Å². The number of aryl methyl sites for hydroxylation is 1. The van der Waals surface area contributed by atoms with E-state index in [0.29, 0.717) is 11.5 Å². The van der Waals surface area contributed by atoms with E-state index in [2.05, 4.69) is 4.98 Å². The van der Waals surface area contributed by atoms with Crippen LogP contribution >= 0.6 is 0 Å². The minimum absolute atomic E-state index is 0.137. The zero-order valence-corrected chi connectivity index (χ0v) is 9.23. The van der Waals surface area contributed by atoms with E-state index >= 15 is 0 Å². The van der Waals surface area contributed by atoms with Crippen molar-refractivity contribution in [2.45, 2.75) is 13.5 Å². The number of nitrogens with zero attached hydrogens (tertiary/aromatic N) is 1. The van der Waals surface area contributed by atoms with Crippen LogP contribution in [0.5, 0.6) is 5.75 Å². The zero-order valence-electron chi connectivity index (χ0n) is 9.23. The van der Waals surface area contributed by atoms with Crippen molar-refractivity contribution in [3.63, 3.8) is 0 Å². The molecule has 0 saturated carbocycles. The highest BCUT2D eigenvalue weighted by atomic mass is 16.5. The Labute approximate surface area is 93.5 Å². The molecule has 1 N–H and O–H groups in total. The van der Waals surface area contributed by atoms with E-state index in [4.69, 9.17) is 14.3 Å². The molecule has 4 heteroatoms. The Morgan fingerprint density at radius 3 is 2.94 bits per heavy atom. The molecule has 16 heavy (non-hydrogen) atoms. The number of aromatic nitrogens is 1. The summed E-state index contributed by atoms with van der Waals surface area (Å²) < 4.78 is 10.5. The van der Waals surface area contributed by atoms with Crippen molar-refractivity contribution in [2.24, 2.45) is 0 Å². The van der Waals surface area contributed by atoms with E-state index in [1.807, 2.05) is 25.1 Å². The first-order valence-electron chi connectivity index (χ1n) is 4.94. The van der Waals surface area contributed by atoms with Crippen LogP contribution in [0.4, 0.5) is 0 Å². The largest absolute Gasteiger partial charge is 0.496 e. The van der Waals surface area contributed by atoms with Crippen molar-refractivity contribution in [3.8, 4) is 17.1 Å². The van der Waals surface area contributed by atoms with Crippen molar-refractivity contribution >= 4 is 0 Å². The summed E-state index contributed by atoms with van der Waals surface area (Å²) in [5.74, 6) is 1.37. The highest BCUT2D eigenvalue weighted by molar-refractivity contribution is 5.62. The molecule has 0 atom stereocenters. The third-order valence-electron chi connectivity index (χ3n) is 2.46. The molecule has 1 aromatic heterocycles. The first kappa shape index (κ1) is 10.7. The Kier molecular flexibility index (Phi) is 2.92. The van der Waals surface area contributed by atoms with Gasteiger partial charge < -0.3 is 14.3 Å². The molecule has 4 nitrogen and oxygen atoms in total. The maximum atomic E-state index is 9.10. The first-order chi connectivity index (χ1) is 7.76. The molecule has 0 aliphatic rings. The fraction of sp³-hybridized carbons (Fsp3) is 0.250. The maximum Gasteiger partial charge on any atom is 0.181 e. The van der Waals surface area contributed by atoms with Gasteiger partial charge in [-0.25, -0.2) is 4.98 Å². The molecule has 2 aromatic rings. The number of ether oxygens (including phenoxy) is 1. The van der Waals surface area contributed by atoms with Gasteiger partial charge in [-0.3, -0.25) is 0 Å². The molecular weight excluding hydrogens is 206 g/mol. The number of oxazole rings is 1. The topological polar surface area (TPSA) is 55.5 Å². The highest BCUT2D eigenvalue weighted by Gasteiger charge is 2.11. The molecule has 0 bridgehead atoms. The average Bonchev–Trinajstić information content (AvgIpc) is 2.78. The molecule has 1 heterocycles. The second-order valence-electron chi connectivity index (χ2n) is 3.47. The van der Waals surface area contributed by atoms with E-state index in [1.54, 1.807) is 7.11 Å². The third-order valence-corrected chi connectivity index (χ3v) is 2.46. The minimum Gasteiger partial charge on any atom is -0.496 e. The van der Waals surface area contributed by atoms with Gasteiger partial charge in [0.2, 0.25) is 0 Å². The molecule has 0 unspecified atom stereocenters. The molecule has 0 radical (unpaired) electrons. The van der Waals surface area contributed by atoms with Crippen LogP contribution in [-0.2, 0) is 6.61 Å². The SMILES string of the molecule is COc1cc(-c2ocnc2CO)ccc1C. The summed E-state index contributed by atoms with van der Waals surface area (Å²) in [6.45, 7) is 1.83. The average molecular weight is 219 g/mol. The van der Waals surface area contributed by atoms with Gasteiger partial charge in [0.1, 0.15) is 11.4 Å². The number of aliphatic hydroxyl groups is 1. The van der Waals surface area contributed by atoms with Gasteiger partial charge in [-0.05, 0) is 18.6 Å². The molecule has 84 valence electrons. The summed E-state index contributed by atoms with van der Waals surface area (Å²) in [5.41, 5.74) is 2.44. The quantitative estimate of drug-likeness (QED) is 0.859. The summed E-state index contributed by atoms with van der Waals surface area (Å²) >= 11 is 0. The fourth-order valence-electron chi connectivity index (χ4n) is 1.58. The van der Waals surface area contributed by atoms with Crippen molar-refractivity contribution in [1.29, 1.82) is 0 Å². The molecule has 0 aliphatic carbocycles. The van der Waals surface area contributed by atoms with Gasteiger partial charge in [0, 0.05) is 5.56 Å². The van der Waals surface area contributed by atoms with Gasteiger partial charge >= 0.3 is 0 Å². The predicted molar refractivity (Wildman–Crippen MR) is 59.2 cm³/mol. The lowest BCUT2D eigenvalue weighted by Crippen LogP contribution is -1.90. The molecule has 2 rings (SSSR count). The number of aliphatic hydroxyl groups excluding tert-OH is 1. The van der Waals surface area contributed by atoms with Crippen LogP contribution in [0, 0.1) is 6.92 Å². The van der Waals surface area contributed by atoms with Gasteiger partial charge in [-0.1, -0.05) is 12.1 Å². The van der Waals surface area contributed by atoms with Gasteiger partial charge in [0.15, 0.2) is 12.2 Å². The first-order valence-corrected chi connectivity index (χ1v) is 4.94. The highest BCUT2D eigenvalue weighted by Crippen LogP contribution is 2.28. The van der Waals surface area contributed by atoms with Gasteiger partial charge in [0.25, 0.3) is 0 Å². The molecule has 1 aromatic carbocycles. The van der Waals surface area contributed by atoms with Crippen LogP contribution in [0.3, 0.4) is 0 Å². The molecule has 0 fully saturated rings. The molecule has 0 aliphatic heterocycles. The summed E-state index contributed by atoms with van der Waals surface area (Å²) in [6, 6.07) is 5.73. The monoisotopic (exact) mass is 219 g/mol. The Balaban J connectivity index is 2.48. The van der Waals surface area contributed by atoms with Gasteiger partial charge in [0.05, 0.1) is 13.7 Å². The maximum absolute atomic E-state index is 9.10. The summed E-state index contributed by atoms with van der Waals surface area (Å²) in [6.07, 6.45) is 1.33. The van der Waals surface area contributed by atoms with Gasteiger partial charge in [-0.2, -0.15) is 0 Å². The Morgan fingerprint density at radius 2 is 2.25 bits per heavy atom. The normalized spacial score (nSPS) is 10.4. The van der Waals surface area contributed by atoms with E-state index in [1.165, 1.54) is 6.39 Å². The van der Waals surface area contributed by atoms with Crippen LogP contribution < -0.4 is 4.74 Å². The van der Waals surface area contributed by atoms with E-state index < -0.39 is 0 Å². The molecule has 0 amide bonds. The number of hydrogen-bond acceptors (Lipinski definition) is 4. The minimum atomic E-state index is -0.137. The molecule has 0 saturated heterocycles. The van der Waals surface area contributed by atoms with E-state index in [9.17, 15) is 0 Å². The Hall–Kier alpha value is -1.81. The zero-order chi connectivity index (χ0) is 11.5. The van der Waals surface area contributed by atoms with Crippen molar-refractivity contribution < 1.29 is 14.3 Å². The number of hydrogen-bond donors (Lipinski definition) is 1. The second kappa shape index (κ2) is 4.37. The van der Waals surface area contributed by atoms with Crippen LogP contribution in [0.15, 0.2) is 29.0 Å². The predicted octanol–water partition coefficient (Wildman–Crippen LogP) is 2.15. The second-order valence-corrected chi connectivity index (χ2v) is 3.47. The Morgan fingerprint density at radius 1 is 1.44 bits per heavy atom. The number of benzene rings is 1. The third kappa shape index (κ3) is 1.79. The molecule has 0 spiro atoms. The van der Waals surface area contributed by atoms with Crippen LogP contribution in [0.2, 0.25) is 0 Å². The van der Waals surface area contributed by atoms with Crippen LogP contribution in [0.25, 0.3) is 11.3 Å². The summed E-state index contributed by atoms with van der Waals surface area (Å²) in [7, 11) is 1.62. The van der Waals surface area contributed by atoms with Crippen molar-refractivity contribution in [1.82, 2.24) is 4.98 Å². The molecular formula is C12H13NO3. The van der Waals surface area contributed by atoms with Crippen LogP contribution in [-0.4, -0.2) is 17.2 Å². The Bertz CT molecular complexity index is 491. The van der Waals surface area contributed by atoms with Crippen LogP contribution in [0.1, 0.15) is 11.3 Å². The lowest BCUT2D eigenvalue weighted by atomic mass is 10.1. The smallest absolute Gasteiger partial charge is 0.181 e. The number of rotatable bonds is 3. The standard InChI is InChI=1S/C12H13NO3/c1-8-3-4-9(5-11(8)15-2)12-10(6-14)13-7-16-12/h3-5,7,14H,6H2,1-2H3. The number of methoxy groups -OCH3 is 1.